The van der Waals surface area contributed by atoms with Gasteiger partial charge in [0.25, 0.3) is 5.91 Å². The van der Waals surface area contributed by atoms with Crippen molar-refractivity contribution in [3.05, 3.63) is 36.3 Å². The second-order valence-electron chi connectivity index (χ2n) is 5.52. The molecule has 1 aliphatic heterocycles. The van der Waals surface area contributed by atoms with Gasteiger partial charge in [-0.3, -0.25) is 9.79 Å². The van der Waals surface area contributed by atoms with Crippen LogP contribution in [0.15, 0.2) is 34.1 Å². The Bertz CT molecular complexity index is 705. The van der Waals surface area contributed by atoms with E-state index in [2.05, 4.69) is 25.4 Å². The summed E-state index contributed by atoms with van der Waals surface area (Å²) in [7, 11) is 3.65. The number of aromatic nitrogens is 3. The number of piperazine rings is 1. The number of amides is 1. The van der Waals surface area contributed by atoms with Crippen molar-refractivity contribution in [1.82, 2.24) is 29.9 Å². The van der Waals surface area contributed by atoms with Gasteiger partial charge in [0.1, 0.15) is 6.33 Å². The topological polar surface area (TPSA) is 91.8 Å². The summed E-state index contributed by atoms with van der Waals surface area (Å²) in [5.41, 5.74) is 0. The van der Waals surface area contributed by atoms with Crippen molar-refractivity contribution >= 4 is 35.8 Å². The Morgan fingerprint density at radius 3 is 2.60 bits per heavy atom. The molecule has 1 N–H and O–H groups in total. The maximum absolute atomic E-state index is 12.3. The summed E-state index contributed by atoms with van der Waals surface area (Å²) in [4.78, 5) is 20.5. The third-order valence-electron chi connectivity index (χ3n) is 4.02. The lowest BCUT2D eigenvalue weighted by molar-refractivity contribution is 0.0657. The standard InChI is InChI=1S/C15H21N7O2.HI/c1-16-15(17-10-13-19-18-11-20(13)2)22-7-5-21(6-8-22)14(23)12-4-3-9-24-12;/h3-4,9,11H,5-8,10H2,1-2H3,(H,16,17);1H. The number of halogens is 1. The molecule has 0 unspecified atom stereocenters. The number of nitrogens with one attached hydrogen (secondary N) is 1. The molecule has 2 aromatic rings. The van der Waals surface area contributed by atoms with E-state index in [1.165, 1.54) is 6.26 Å². The van der Waals surface area contributed by atoms with E-state index in [4.69, 9.17) is 4.42 Å². The highest BCUT2D eigenvalue weighted by Crippen LogP contribution is 2.09. The van der Waals surface area contributed by atoms with Crippen LogP contribution in [0.3, 0.4) is 0 Å². The minimum atomic E-state index is -0.0679. The molecule has 2 aromatic heterocycles. The molecule has 0 spiro atoms. The highest BCUT2D eigenvalue weighted by atomic mass is 127. The second kappa shape index (κ2) is 8.83. The molecule has 0 radical (unpaired) electrons. The summed E-state index contributed by atoms with van der Waals surface area (Å²) in [6, 6.07) is 3.41. The van der Waals surface area contributed by atoms with Gasteiger partial charge in [-0.1, -0.05) is 0 Å². The maximum atomic E-state index is 12.3. The first-order chi connectivity index (χ1) is 11.7. The highest BCUT2D eigenvalue weighted by molar-refractivity contribution is 14.0. The van der Waals surface area contributed by atoms with Crippen LogP contribution >= 0.6 is 24.0 Å². The average Bonchev–Trinajstić information content (AvgIpc) is 3.27. The number of carbonyl (C=O) groups is 1. The van der Waals surface area contributed by atoms with E-state index in [1.807, 2.05) is 11.6 Å². The van der Waals surface area contributed by atoms with E-state index in [1.54, 1.807) is 30.4 Å². The normalized spacial score (nSPS) is 15.0. The van der Waals surface area contributed by atoms with Crippen molar-refractivity contribution < 1.29 is 9.21 Å². The molecule has 9 nitrogen and oxygen atoms in total. The van der Waals surface area contributed by atoms with Gasteiger partial charge in [-0.25, -0.2) is 0 Å². The van der Waals surface area contributed by atoms with Crippen LogP contribution in [0.25, 0.3) is 0 Å². The molecular formula is C15H22IN7O2. The summed E-state index contributed by atoms with van der Waals surface area (Å²) >= 11 is 0. The van der Waals surface area contributed by atoms with Crippen molar-refractivity contribution in [2.24, 2.45) is 12.0 Å². The van der Waals surface area contributed by atoms with E-state index < -0.39 is 0 Å². The Morgan fingerprint density at radius 1 is 1.32 bits per heavy atom. The van der Waals surface area contributed by atoms with Crippen molar-refractivity contribution in [3.8, 4) is 0 Å². The fourth-order valence-corrected chi connectivity index (χ4v) is 2.63. The first kappa shape index (κ1) is 19.2. The third-order valence-corrected chi connectivity index (χ3v) is 4.02. The summed E-state index contributed by atoms with van der Waals surface area (Å²) < 4.78 is 7.04. The molecular weight excluding hydrogens is 437 g/mol. The van der Waals surface area contributed by atoms with Crippen LogP contribution in [0.4, 0.5) is 0 Å². The number of carbonyl (C=O) groups excluding carboxylic acids is 1. The zero-order chi connectivity index (χ0) is 16.9. The van der Waals surface area contributed by atoms with Crippen LogP contribution in [0.1, 0.15) is 16.4 Å². The van der Waals surface area contributed by atoms with Crippen molar-refractivity contribution in [1.29, 1.82) is 0 Å². The fourth-order valence-electron chi connectivity index (χ4n) is 2.63. The molecule has 3 rings (SSSR count). The van der Waals surface area contributed by atoms with Crippen LogP contribution in [0, 0.1) is 0 Å². The van der Waals surface area contributed by atoms with Gasteiger partial charge in [-0.2, -0.15) is 0 Å². The van der Waals surface area contributed by atoms with E-state index in [0.29, 0.717) is 38.5 Å². The van der Waals surface area contributed by atoms with Crippen LogP contribution < -0.4 is 5.32 Å². The van der Waals surface area contributed by atoms with Gasteiger partial charge in [0.05, 0.1) is 12.8 Å². The summed E-state index contributed by atoms with van der Waals surface area (Å²) in [6.45, 7) is 3.24. The molecule has 25 heavy (non-hydrogen) atoms. The summed E-state index contributed by atoms with van der Waals surface area (Å²) in [6.07, 6.45) is 3.18. The molecule has 10 heteroatoms. The lowest BCUT2D eigenvalue weighted by atomic mass is 10.3. The van der Waals surface area contributed by atoms with Crippen molar-refractivity contribution in [2.75, 3.05) is 33.2 Å². The highest BCUT2D eigenvalue weighted by Gasteiger charge is 2.25. The number of hydrogen-bond donors (Lipinski definition) is 1. The SMILES string of the molecule is CN=C(NCc1nncn1C)N1CCN(C(=O)c2ccco2)CC1.I. The number of nitrogens with zero attached hydrogens (tertiary/aromatic N) is 6. The van der Waals surface area contributed by atoms with Crippen molar-refractivity contribution in [3.63, 3.8) is 0 Å². The average molecular weight is 459 g/mol. The Morgan fingerprint density at radius 2 is 2.04 bits per heavy atom. The Balaban J connectivity index is 0.00000225. The molecule has 136 valence electrons. The number of hydrogen-bond acceptors (Lipinski definition) is 5. The molecule has 0 aliphatic carbocycles. The molecule has 1 aliphatic rings. The van der Waals surface area contributed by atoms with Gasteiger partial charge in [-0.05, 0) is 12.1 Å². The first-order valence-electron chi connectivity index (χ1n) is 7.80. The van der Waals surface area contributed by atoms with Crippen LogP contribution in [0.5, 0.6) is 0 Å². The van der Waals surface area contributed by atoms with E-state index in [-0.39, 0.29) is 29.9 Å². The van der Waals surface area contributed by atoms with E-state index in [9.17, 15) is 4.79 Å². The Labute approximate surface area is 163 Å². The number of rotatable bonds is 3. The predicted molar refractivity (Wildman–Crippen MR) is 103 cm³/mol. The fraction of sp³-hybridized carbons (Fsp3) is 0.467. The maximum Gasteiger partial charge on any atom is 0.289 e. The largest absolute Gasteiger partial charge is 0.459 e. The number of furan rings is 1. The number of guanidine groups is 1. The number of aliphatic imine (C=N–C) groups is 1. The monoisotopic (exact) mass is 459 g/mol. The smallest absolute Gasteiger partial charge is 0.289 e. The van der Waals surface area contributed by atoms with E-state index in [0.717, 1.165) is 11.8 Å². The molecule has 0 atom stereocenters. The molecule has 0 aromatic carbocycles. The van der Waals surface area contributed by atoms with Crippen LogP contribution in [-0.2, 0) is 13.6 Å². The minimum absolute atomic E-state index is 0. The molecule has 0 bridgehead atoms. The quantitative estimate of drug-likeness (QED) is 0.410. The number of aryl methyl sites for hydroxylation is 1. The Hall–Kier alpha value is -2.11. The molecule has 3 heterocycles. The van der Waals surface area contributed by atoms with Crippen molar-refractivity contribution in [2.45, 2.75) is 6.54 Å². The van der Waals surface area contributed by atoms with Crippen LogP contribution in [-0.4, -0.2) is 69.7 Å². The van der Waals surface area contributed by atoms with E-state index >= 15 is 0 Å². The van der Waals surface area contributed by atoms with Gasteiger partial charge >= 0.3 is 0 Å². The lowest BCUT2D eigenvalue weighted by Gasteiger charge is -2.36. The van der Waals surface area contributed by atoms with Gasteiger partial charge in [-0.15, -0.1) is 34.2 Å². The predicted octanol–water partition coefficient (Wildman–Crippen LogP) is 0.559. The summed E-state index contributed by atoms with van der Waals surface area (Å²) in [5.74, 6) is 1.95. The minimum Gasteiger partial charge on any atom is -0.459 e. The third kappa shape index (κ3) is 4.50. The van der Waals surface area contributed by atoms with Gasteiger partial charge in [0.15, 0.2) is 17.5 Å². The molecule has 1 amide bonds. The first-order valence-corrected chi connectivity index (χ1v) is 7.80. The van der Waals surface area contributed by atoms with Gasteiger partial charge in [0.2, 0.25) is 0 Å². The Kier molecular flexibility index (Phi) is 6.79. The molecule has 1 fully saturated rings. The summed E-state index contributed by atoms with van der Waals surface area (Å²) in [5, 5.41) is 11.2. The van der Waals surface area contributed by atoms with Gasteiger partial charge < -0.3 is 24.1 Å². The molecule has 1 saturated heterocycles. The zero-order valence-corrected chi connectivity index (χ0v) is 16.6. The zero-order valence-electron chi connectivity index (χ0n) is 14.3. The van der Waals surface area contributed by atoms with Crippen LogP contribution in [0.2, 0.25) is 0 Å². The lowest BCUT2D eigenvalue weighted by Crippen LogP contribution is -2.53. The van der Waals surface area contributed by atoms with Gasteiger partial charge in [0, 0.05) is 40.3 Å². The molecule has 0 saturated carbocycles. The second-order valence-corrected chi connectivity index (χ2v) is 5.52.